The highest BCUT2D eigenvalue weighted by molar-refractivity contribution is 6.36. The monoisotopic (exact) mass is 461 g/mol. The molecule has 1 atom stereocenters. The maximum absolute atomic E-state index is 13.0. The minimum Gasteiger partial charge on any atom is -0.330 e. The van der Waals surface area contributed by atoms with E-state index in [2.05, 4.69) is 10.3 Å². The molecule has 0 radical (unpaired) electrons. The van der Waals surface area contributed by atoms with E-state index in [0.717, 1.165) is 18.7 Å². The number of carbonyl (C=O) groups is 2. The van der Waals surface area contributed by atoms with E-state index < -0.39 is 0 Å². The maximum Gasteiger partial charge on any atom is 0.273 e. The summed E-state index contributed by atoms with van der Waals surface area (Å²) in [5.74, 6) is 0.866. The molecule has 2 aliphatic rings. The van der Waals surface area contributed by atoms with Gasteiger partial charge in [0.15, 0.2) is 0 Å². The molecule has 164 valence electrons. The van der Waals surface area contributed by atoms with Crippen LogP contribution in [0.15, 0.2) is 36.5 Å². The minimum absolute atomic E-state index is 0.0271. The van der Waals surface area contributed by atoms with Gasteiger partial charge in [0.2, 0.25) is 5.91 Å². The molecule has 1 aliphatic carbocycles. The van der Waals surface area contributed by atoms with Crippen LogP contribution >= 0.6 is 23.2 Å². The summed E-state index contributed by atoms with van der Waals surface area (Å²) in [6, 6.07) is 4.98. The summed E-state index contributed by atoms with van der Waals surface area (Å²) in [6.07, 6.45) is 7.25. The number of halogens is 2. The summed E-state index contributed by atoms with van der Waals surface area (Å²) in [5, 5.41) is 3.73. The molecule has 1 saturated carbocycles. The molecule has 7 nitrogen and oxygen atoms in total. The number of carbonyl (C=O) groups excluding carboxylic acids is 2. The molecule has 9 heteroatoms. The van der Waals surface area contributed by atoms with Crippen molar-refractivity contribution in [2.45, 2.75) is 25.4 Å². The smallest absolute Gasteiger partial charge is 0.273 e. The molecule has 1 aromatic carbocycles. The van der Waals surface area contributed by atoms with Gasteiger partial charge in [0, 0.05) is 24.2 Å². The van der Waals surface area contributed by atoms with Crippen LogP contribution in [0.1, 0.15) is 35.2 Å². The van der Waals surface area contributed by atoms with E-state index in [9.17, 15) is 9.59 Å². The van der Waals surface area contributed by atoms with Crippen molar-refractivity contribution < 1.29 is 9.59 Å². The Bertz CT molecular complexity index is 1030. The van der Waals surface area contributed by atoms with Gasteiger partial charge >= 0.3 is 0 Å². The molecule has 1 aliphatic heterocycles. The number of hydrogen-bond donors (Lipinski definition) is 1. The Morgan fingerprint density at radius 1 is 1.29 bits per heavy atom. The second-order valence-electron chi connectivity index (χ2n) is 8.30. The van der Waals surface area contributed by atoms with Crippen molar-refractivity contribution >= 4 is 40.7 Å². The average molecular weight is 462 g/mol. The number of hydrogen-bond acceptors (Lipinski definition) is 4. The molecule has 2 amide bonds. The molecule has 2 heterocycles. The molecular weight excluding hydrogens is 437 g/mol. The zero-order valence-corrected chi connectivity index (χ0v) is 19.0. The van der Waals surface area contributed by atoms with Gasteiger partial charge in [0.05, 0.1) is 29.5 Å². The third kappa shape index (κ3) is 4.95. The van der Waals surface area contributed by atoms with Crippen molar-refractivity contribution in [3.8, 4) is 0 Å². The Morgan fingerprint density at radius 2 is 2.06 bits per heavy atom. The van der Waals surface area contributed by atoms with Gasteiger partial charge in [0.25, 0.3) is 5.91 Å². The quantitative estimate of drug-likeness (QED) is 0.663. The summed E-state index contributed by atoms with van der Waals surface area (Å²) >= 11 is 12.2. The van der Waals surface area contributed by atoms with Crippen LogP contribution in [0.3, 0.4) is 0 Å². The number of amides is 2. The van der Waals surface area contributed by atoms with Crippen LogP contribution in [0, 0.1) is 5.92 Å². The Kier molecular flexibility index (Phi) is 6.36. The van der Waals surface area contributed by atoms with Crippen molar-refractivity contribution in [3.05, 3.63) is 58.1 Å². The van der Waals surface area contributed by atoms with Gasteiger partial charge in [-0.2, -0.15) is 0 Å². The summed E-state index contributed by atoms with van der Waals surface area (Å²) in [6.45, 7) is 1.66. The third-order valence-corrected chi connectivity index (χ3v) is 6.11. The summed E-state index contributed by atoms with van der Waals surface area (Å²) in [7, 11) is 3.92. The van der Waals surface area contributed by atoms with Gasteiger partial charge in [0.1, 0.15) is 11.5 Å². The number of anilines is 1. The Morgan fingerprint density at radius 3 is 2.74 bits per heavy atom. The van der Waals surface area contributed by atoms with Gasteiger partial charge in [-0.25, -0.2) is 4.98 Å². The van der Waals surface area contributed by atoms with E-state index in [0.29, 0.717) is 47.0 Å². The first-order chi connectivity index (χ1) is 14.8. The average Bonchev–Trinajstić information content (AvgIpc) is 3.47. The zero-order chi connectivity index (χ0) is 22.1. The first-order valence-corrected chi connectivity index (χ1v) is 11.0. The van der Waals surface area contributed by atoms with Crippen LogP contribution in [0.4, 0.5) is 5.69 Å². The fraction of sp³-hybridized carbons (Fsp3) is 0.409. The fourth-order valence-electron chi connectivity index (χ4n) is 3.85. The van der Waals surface area contributed by atoms with Gasteiger partial charge in [-0.05, 0) is 51.1 Å². The number of nitrogens with one attached hydrogen (secondary N) is 1. The molecule has 0 saturated heterocycles. The Hall–Kier alpha value is -2.35. The highest BCUT2D eigenvalue weighted by Crippen LogP contribution is 2.43. The molecule has 0 unspecified atom stereocenters. The lowest BCUT2D eigenvalue weighted by molar-refractivity contribution is -0.128. The summed E-state index contributed by atoms with van der Waals surface area (Å²) in [5.41, 5.74) is 0.974. The number of likely N-dealkylation sites (N-methyl/N-ethyl adjacent to an activating group) is 1. The fourth-order valence-corrected chi connectivity index (χ4v) is 4.31. The first kappa shape index (κ1) is 21.9. The molecule has 1 aromatic heterocycles. The highest BCUT2D eigenvalue weighted by Gasteiger charge is 2.40. The molecular formula is C22H25Cl2N5O2. The van der Waals surface area contributed by atoms with Crippen LogP contribution in [0.25, 0.3) is 0 Å². The van der Waals surface area contributed by atoms with Crippen molar-refractivity contribution in [2.75, 3.05) is 32.5 Å². The predicted octanol–water partition coefficient (Wildman–Crippen LogP) is 3.85. The third-order valence-electron chi connectivity index (χ3n) is 5.57. The van der Waals surface area contributed by atoms with Crippen LogP contribution in [-0.4, -0.2) is 58.4 Å². The Labute approximate surface area is 191 Å². The Balaban J connectivity index is 1.55. The van der Waals surface area contributed by atoms with E-state index >= 15 is 0 Å². The molecule has 0 bridgehead atoms. The SMILES string of the molecule is CN(C)C/C=C/C(=O)N1Cc2ncc(C(=O)Nc3ccc(Cl)cc3Cl)n2[C@H](C2CC2)C1. The van der Waals surface area contributed by atoms with E-state index in [1.807, 2.05) is 34.5 Å². The van der Waals surface area contributed by atoms with Gasteiger partial charge in [-0.1, -0.05) is 29.3 Å². The predicted molar refractivity (Wildman–Crippen MR) is 122 cm³/mol. The molecule has 0 spiro atoms. The largest absolute Gasteiger partial charge is 0.330 e. The van der Waals surface area contributed by atoms with Crippen molar-refractivity contribution in [2.24, 2.45) is 5.92 Å². The van der Waals surface area contributed by atoms with E-state index in [1.165, 1.54) is 0 Å². The number of rotatable bonds is 6. The second kappa shape index (κ2) is 9.02. The van der Waals surface area contributed by atoms with E-state index in [-0.39, 0.29) is 17.9 Å². The molecule has 1 N–H and O–H groups in total. The first-order valence-electron chi connectivity index (χ1n) is 10.3. The molecule has 4 rings (SSSR count). The van der Waals surface area contributed by atoms with Crippen molar-refractivity contribution in [1.29, 1.82) is 0 Å². The van der Waals surface area contributed by atoms with Gasteiger partial charge < -0.3 is 19.7 Å². The van der Waals surface area contributed by atoms with Crippen LogP contribution in [0.2, 0.25) is 10.0 Å². The normalized spacial score (nSPS) is 18.5. The zero-order valence-electron chi connectivity index (χ0n) is 17.5. The summed E-state index contributed by atoms with van der Waals surface area (Å²) in [4.78, 5) is 34.0. The topological polar surface area (TPSA) is 70.5 Å². The lowest BCUT2D eigenvalue weighted by Gasteiger charge is -2.34. The highest BCUT2D eigenvalue weighted by atomic mass is 35.5. The second-order valence-corrected chi connectivity index (χ2v) is 9.14. The number of fused-ring (bicyclic) bond motifs is 1. The van der Waals surface area contributed by atoms with E-state index in [1.54, 1.807) is 30.5 Å². The number of aromatic nitrogens is 2. The van der Waals surface area contributed by atoms with Crippen molar-refractivity contribution in [1.82, 2.24) is 19.4 Å². The van der Waals surface area contributed by atoms with Crippen LogP contribution in [-0.2, 0) is 11.3 Å². The number of imidazole rings is 1. The lowest BCUT2D eigenvalue weighted by Crippen LogP contribution is -2.42. The maximum atomic E-state index is 13.0. The summed E-state index contributed by atoms with van der Waals surface area (Å²) < 4.78 is 2.00. The van der Waals surface area contributed by atoms with Crippen LogP contribution < -0.4 is 5.32 Å². The molecule has 2 aromatic rings. The molecule has 31 heavy (non-hydrogen) atoms. The standard InChI is InChI=1S/C22H25Cl2N5O2/c1-27(2)9-3-4-21(30)28-12-19(14-5-6-14)29-18(11-25-20(29)13-28)22(31)26-17-8-7-15(23)10-16(17)24/h3-4,7-8,10-11,14,19H,5-6,9,12-13H2,1-2H3,(H,26,31)/b4-3+/t19-/m0/s1. The molecule has 1 fully saturated rings. The van der Waals surface area contributed by atoms with Crippen LogP contribution in [0.5, 0.6) is 0 Å². The minimum atomic E-state index is -0.278. The number of benzene rings is 1. The van der Waals surface area contributed by atoms with Gasteiger partial charge in [-0.15, -0.1) is 0 Å². The lowest BCUT2D eigenvalue weighted by atomic mass is 10.1. The van der Waals surface area contributed by atoms with Gasteiger partial charge in [-0.3, -0.25) is 9.59 Å². The number of nitrogens with zero attached hydrogens (tertiary/aromatic N) is 4. The van der Waals surface area contributed by atoms with E-state index in [4.69, 9.17) is 23.2 Å². The van der Waals surface area contributed by atoms with Crippen molar-refractivity contribution in [3.63, 3.8) is 0 Å².